The molecule has 0 aliphatic carbocycles. The predicted octanol–water partition coefficient (Wildman–Crippen LogP) is 3.00. The first-order chi connectivity index (χ1) is 6.33. The van der Waals surface area contributed by atoms with Crippen LogP contribution in [0.2, 0.25) is 0 Å². The third-order valence-corrected chi connectivity index (χ3v) is 2.57. The topological polar surface area (TPSA) is 27.0 Å². The fraction of sp³-hybridized carbons (Fsp3) is 0.909. The molecule has 0 aromatic rings. The molecular weight excluding hydrogens is 398 g/mol. The van der Waals surface area contributed by atoms with Crippen molar-refractivity contribution < 1.29 is 31.1 Å². The van der Waals surface area contributed by atoms with Crippen LogP contribution in [0.15, 0.2) is 0 Å². The van der Waals surface area contributed by atoms with Crippen LogP contribution in [0.25, 0.3) is 5.73 Å². The molecule has 1 rings (SSSR count). The fourth-order valence-corrected chi connectivity index (χ4v) is 1.56. The Morgan fingerprint density at radius 2 is 1.79 bits per heavy atom. The van der Waals surface area contributed by atoms with Crippen molar-refractivity contribution in [1.82, 2.24) is 4.90 Å². The SMILES string of the molecule is CCC(C)CN1CC[CH-]CC1.C[NH-].[U+2]. The fourth-order valence-electron chi connectivity index (χ4n) is 1.56. The molecule has 1 heterocycles. The van der Waals surface area contributed by atoms with Gasteiger partial charge in [0.05, 0.1) is 0 Å². The summed E-state index contributed by atoms with van der Waals surface area (Å²) in [5.41, 5.74) is 5.75. The summed E-state index contributed by atoms with van der Waals surface area (Å²) in [4.78, 5) is 2.59. The van der Waals surface area contributed by atoms with Gasteiger partial charge < -0.3 is 17.1 Å². The normalized spacial score (nSPS) is 18.9. The average molecular weight is 422 g/mol. The van der Waals surface area contributed by atoms with Crippen molar-refractivity contribution in [3.63, 3.8) is 0 Å². The van der Waals surface area contributed by atoms with Crippen molar-refractivity contribution >= 4 is 0 Å². The molecule has 1 aliphatic heterocycles. The van der Waals surface area contributed by atoms with Crippen molar-refractivity contribution in [1.29, 1.82) is 0 Å². The molecule has 1 N–H and O–H groups in total. The number of hydrogen-bond donors (Lipinski definition) is 0. The molecule has 0 spiro atoms. The van der Waals surface area contributed by atoms with Crippen molar-refractivity contribution in [2.24, 2.45) is 5.92 Å². The Hall–Kier alpha value is 0.972. The second-order valence-electron chi connectivity index (χ2n) is 3.68. The maximum absolute atomic E-state index is 5.75. The van der Waals surface area contributed by atoms with Crippen molar-refractivity contribution in [2.75, 3.05) is 26.7 Å². The maximum Gasteiger partial charge on any atom is 2.00 e. The van der Waals surface area contributed by atoms with Crippen LogP contribution in [0.3, 0.4) is 0 Å². The van der Waals surface area contributed by atoms with E-state index in [0.29, 0.717) is 0 Å². The van der Waals surface area contributed by atoms with E-state index in [0.717, 1.165) is 5.92 Å². The van der Waals surface area contributed by atoms with Crippen LogP contribution < -0.4 is 0 Å². The van der Waals surface area contributed by atoms with Crippen molar-refractivity contribution in [3.05, 3.63) is 12.2 Å². The van der Waals surface area contributed by atoms with Gasteiger partial charge in [0.25, 0.3) is 0 Å². The summed E-state index contributed by atoms with van der Waals surface area (Å²) in [7, 11) is 1.25. The largest absolute Gasteiger partial charge is 2.00 e. The van der Waals surface area contributed by atoms with E-state index >= 15 is 0 Å². The number of rotatable bonds is 3. The van der Waals surface area contributed by atoms with Crippen LogP contribution in [-0.2, 0) is 0 Å². The molecule has 3 heteroatoms. The molecular formula is C11H24N2U. The summed E-state index contributed by atoms with van der Waals surface area (Å²) in [5, 5.41) is 0. The zero-order chi connectivity index (χ0) is 10.1. The Labute approximate surface area is 113 Å². The second-order valence-corrected chi connectivity index (χ2v) is 3.68. The van der Waals surface area contributed by atoms with Crippen LogP contribution in [0.4, 0.5) is 0 Å². The molecule has 1 unspecified atom stereocenters. The molecule has 0 saturated carbocycles. The van der Waals surface area contributed by atoms with Crippen LogP contribution in [0.5, 0.6) is 0 Å². The van der Waals surface area contributed by atoms with E-state index in [2.05, 4.69) is 25.2 Å². The number of nitrogens with zero attached hydrogens (tertiary/aromatic N) is 1. The van der Waals surface area contributed by atoms with Crippen LogP contribution in [-0.4, -0.2) is 31.6 Å². The van der Waals surface area contributed by atoms with Crippen LogP contribution in [0, 0.1) is 43.5 Å². The molecule has 2 nitrogen and oxygen atoms in total. The van der Waals surface area contributed by atoms with Gasteiger partial charge in [0.15, 0.2) is 0 Å². The predicted molar refractivity (Wildman–Crippen MR) is 59.7 cm³/mol. The number of nitrogens with one attached hydrogen (secondary N) is 1. The summed E-state index contributed by atoms with van der Waals surface area (Å²) in [6, 6.07) is 0. The Morgan fingerprint density at radius 3 is 2.21 bits per heavy atom. The van der Waals surface area contributed by atoms with Crippen LogP contribution >= 0.6 is 0 Å². The van der Waals surface area contributed by atoms with Gasteiger partial charge in [0, 0.05) is 6.54 Å². The Morgan fingerprint density at radius 1 is 1.29 bits per heavy atom. The average Bonchev–Trinajstić information content (AvgIpc) is 2.22. The molecule has 82 valence electrons. The zero-order valence-electron chi connectivity index (χ0n) is 9.84. The summed E-state index contributed by atoms with van der Waals surface area (Å²) >= 11 is 0. The first kappa shape index (κ1) is 17.4. The molecule has 0 bridgehead atoms. The quantitative estimate of drug-likeness (QED) is 0.643. The minimum Gasteiger partial charge on any atom is -0.680 e. The number of piperidine rings is 1. The van der Waals surface area contributed by atoms with Gasteiger partial charge in [-0.05, 0) is 19.0 Å². The molecule has 0 radical (unpaired) electrons. The molecule has 14 heavy (non-hydrogen) atoms. The first-order valence-corrected chi connectivity index (χ1v) is 5.37. The Balaban J connectivity index is 0. The summed E-state index contributed by atoms with van der Waals surface area (Å²) in [6.07, 6.45) is 6.33. The van der Waals surface area contributed by atoms with Gasteiger partial charge in [0.1, 0.15) is 0 Å². The molecule has 1 aliphatic rings. The standard InChI is InChI=1S/C10H20N.CH4N.U/c1-3-10(2)9-11-7-5-4-6-8-11;1-2;/h4,10H,3,5-9H2,1-2H3;2H,1H3;/q2*-1;+2. The third kappa shape index (κ3) is 8.29. The van der Waals surface area contributed by atoms with Gasteiger partial charge in [-0.1, -0.05) is 20.3 Å². The minimum absolute atomic E-state index is 0. The van der Waals surface area contributed by atoms with Crippen molar-refractivity contribution in [2.45, 2.75) is 33.1 Å². The molecule has 0 aromatic carbocycles. The third-order valence-electron chi connectivity index (χ3n) is 2.57. The first-order valence-electron chi connectivity index (χ1n) is 5.37. The van der Waals surface area contributed by atoms with E-state index in [1.54, 1.807) is 0 Å². The van der Waals surface area contributed by atoms with E-state index in [9.17, 15) is 0 Å². The smallest absolute Gasteiger partial charge is 0.680 e. The van der Waals surface area contributed by atoms with Gasteiger partial charge in [-0.25, -0.2) is 0 Å². The molecule has 0 amide bonds. The van der Waals surface area contributed by atoms with Gasteiger partial charge in [-0.15, -0.1) is 0 Å². The second kappa shape index (κ2) is 12.0. The molecule has 1 saturated heterocycles. The Kier molecular flexibility index (Phi) is 14.9. The van der Waals surface area contributed by atoms with Gasteiger partial charge >= 0.3 is 31.1 Å². The number of hydrogen-bond acceptors (Lipinski definition) is 1. The zero-order valence-corrected chi connectivity index (χ0v) is 14.0. The van der Waals surface area contributed by atoms with E-state index in [4.69, 9.17) is 5.73 Å². The van der Waals surface area contributed by atoms with Crippen molar-refractivity contribution in [3.8, 4) is 0 Å². The Bertz CT molecular complexity index is 103. The monoisotopic (exact) mass is 422 g/mol. The minimum atomic E-state index is 0. The molecule has 1 fully saturated rings. The van der Waals surface area contributed by atoms with Gasteiger partial charge in [-0.3, -0.25) is 0 Å². The maximum atomic E-state index is 5.75. The summed E-state index contributed by atoms with van der Waals surface area (Å²) in [6.45, 7) is 8.53. The number of likely N-dealkylation sites (tertiary alicyclic amines) is 1. The summed E-state index contributed by atoms with van der Waals surface area (Å²) < 4.78 is 0. The van der Waals surface area contributed by atoms with Crippen LogP contribution in [0.1, 0.15) is 33.1 Å². The van der Waals surface area contributed by atoms with Gasteiger partial charge in [0.2, 0.25) is 0 Å². The molecule has 1 atom stereocenters. The van der Waals surface area contributed by atoms with Gasteiger partial charge in [-0.2, -0.15) is 19.9 Å². The molecule has 0 aromatic heterocycles. The van der Waals surface area contributed by atoms with E-state index in [-0.39, 0.29) is 31.1 Å². The van der Waals surface area contributed by atoms with E-state index in [1.165, 1.54) is 45.9 Å². The summed E-state index contributed by atoms with van der Waals surface area (Å²) in [5.74, 6) is 0.882. The van der Waals surface area contributed by atoms with E-state index < -0.39 is 0 Å². The van der Waals surface area contributed by atoms with E-state index in [1.807, 2.05) is 0 Å².